The molecule has 0 spiro atoms. The molecule has 1 aromatic rings. The van der Waals surface area contributed by atoms with Crippen molar-refractivity contribution in [3.8, 4) is 0 Å². The number of likely N-dealkylation sites (N-methyl/N-ethyl adjacent to an activating group) is 1. The maximum Gasteiger partial charge on any atom is 0.325 e. The molecule has 2 fully saturated rings. The van der Waals surface area contributed by atoms with E-state index in [2.05, 4.69) is 22.3 Å². The van der Waals surface area contributed by atoms with Crippen LogP contribution in [0, 0.1) is 0 Å². The number of nitrogens with zero attached hydrogens (tertiary/aromatic N) is 3. The molecule has 134 valence electrons. The summed E-state index contributed by atoms with van der Waals surface area (Å²) in [6, 6.07) is 9.65. The zero-order chi connectivity index (χ0) is 18.2. The molecule has 0 aromatic heterocycles. The number of hydrogen-bond acceptors (Lipinski definition) is 4. The van der Waals surface area contributed by atoms with Crippen molar-refractivity contribution < 1.29 is 14.4 Å². The van der Waals surface area contributed by atoms with Gasteiger partial charge >= 0.3 is 6.03 Å². The fraction of sp³-hybridized carbons (Fsp3) is 0.500. The van der Waals surface area contributed by atoms with E-state index in [1.807, 2.05) is 25.2 Å². The van der Waals surface area contributed by atoms with E-state index in [4.69, 9.17) is 0 Å². The van der Waals surface area contributed by atoms with Crippen LogP contribution >= 0.6 is 0 Å². The van der Waals surface area contributed by atoms with Gasteiger partial charge in [-0.1, -0.05) is 30.3 Å². The lowest BCUT2D eigenvalue weighted by molar-refractivity contribution is -0.140. The molecule has 25 heavy (non-hydrogen) atoms. The number of carbonyl (C=O) groups excluding carboxylic acids is 3. The Bertz CT molecular complexity index is 689. The van der Waals surface area contributed by atoms with Gasteiger partial charge in [-0.15, -0.1) is 0 Å². The molecular formula is C18H24N4O3. The number of benzene rings is 1. The Balaban J connectivity index is 1.69. The second kappa shape index (κ2) is 6.48. The number of imide groups is 1. The molecule has 2 heterocycles. The van der Waals surface area contributed by atoms with Crippen LogP contribution in [0.2, 0.25) is 0 Å². The predicted octanol–water partition coefficient (Wildman–Crippen LogP) is 0.832. The third kappa shape index (κ3) is 3.37. The van der Waals surface area contributed by atoms with Gasteiger partial charge in [-0.05, 0) is 26.5 Å². The molecule has 3 rings (SSSR count). The van der Waals surface area contributed by atoms with E-state index in [1.165, 1.54) is 0 Å². The largest absolute Gasteiger partial charge is 0.338 e. The lowest BCUT2D eigenvalue weighted by Gasteiger charge is -2.40. The average Bonchev–Trinajstić information content (AvgIpc) is 2.77. The Labute approximate surface area is 147 Å². The highest BCUT2D eigenvalue weighted by Crippen LogP contribution is 2.24. The molecule has 2 aliphatic rings. The number of piperazine rings is 1. The predicted molar refractivity (Wildman–Crippen MR) is 92.7 cm³/mol. The molecule has 1 atom stereocenters. The summed E-state index contributed by atoms with van der Waals surface area (Å²) in [7, 11) is 2.04. The topological polar surface area (TPSA) is 73.0 Å². The Morgan fingerprint density at radius 3 is 2.48 bits per heavy atom. The quantitative estimate of drug-likeness (QED) is 0.825. The number of nitrogens with one attached hydrogen (secondary N) is 1. The molecule has 0 bridgehead atoms. The van der Waals surface area contributed by atoms with Crippen LogP contribution in [-0.4, -0.2) is 71.3 Å². The van der Waals surface area contributed by atoms with Gasteiger partial charge in [0, 0.05) is 19.6 Å². The van der Waals surface area contributed by atoms with Crippen LogP contribution in [0.1, 0.15) is 25.5 Å². The van der Waals surface area contributed by atoms with Crippen LogP contribution in [0.25, 0.3) is 0 Å². The lowest BCUT2D eigenvalue weighted by atomic mass is 10.0. The average molecular weight is 344 g/mol. The van der Waals surface area contributed by atoms with Crippen LogP contribution in [0.15, 0.2) is 30.3 Å². The van der Waals surface area contributed by atoms with E-state index >= 15 is 0 Å². The Hall–Kier alpha value is -2.41. The molecule has 0 saturated carbocycles. The third-order valence-corrected chi connectivity index (χ3v) is 4.92. The Morgan fingerprint density at radius 2 is 1.88 bits per heavy atom. The van der Waals surface area contributed by atoms with Crippen LogP contribution in [0.5, 0.6) is 0 Å². The second-order valence-electron chi connectivity index (χ2n) is 7.19. The van der Waals surface area contributed by atoms with Gasteiger partial charge in [-0.25, -0.2) is 4.79 Å². The van der Waals surface area contributed by atoms with Gasteiger partial charge in [0.05, 0.1) is 6.04 Å². The van der Waals surface area contributed by atoms with Gasteiger partial charge in [0.2, 0.25) is 5.91 Å². The summed E-state index contributed by atoms with van der Waals surface area (Å²) in [5.41, 5.74) is 0.199. The summed E-state index contributed by atoms with van der Waals surface area (Å²) >= 11 is 0. The smallest absolute Gasteiger partial charge is 0.325 e. The van der Waals surface area contributed by atoms with Crippen molar-refractivity contribution >= 4 is 17.8 Å². The summed E-state index contributed by atoms with van der Waals surface area (Å²) in [6.07, 6.45) is 0. The molecule has 4 amide bonds. The van der Waals surface area contributed by atoms with E-state index in [0.717, 1.165) is 17.0 Å². The Kier molecular flexibility index (Phi) is 4.51. The maximum absolute atomic E-state index is 12.7. The fourth-order valence-corrected chi connectivity index (χ4v) is 3.33. The van der Waals surface area contributed by atoms with E-state index in [-0.39, 0.29) is 24.4 Å². The molecule has 1 N–H and O–H groups in total. The summed E-state index contributed by atoms with van der Waals surface area (Å²) in [5.74, 6) is -0.560. The first-order chi connectivity index (χ1) is 11.8. The van der Waals surface area contributed by atoms with E-state index < -0.39 is 11.6 Å². The molecule has 2 saturated heterocycles. The molecule has 1 unspecified atom stereocenters. The van der Waals surface area contributed by atoms with E-state index in [0.29, 0.717) is 13.1 Å². The SMILES string of the molecule is CN1CCN(C(=O)CN2C(=O)NC(C)(C)C2=O)CC1c1ccccc1. The van der Waals surface area contributed by atoms with Crippen molar-refractivity contribution in [3.63, 3.8) is 0 Å². The molecule has 7 nitrogen and oxygen atoms in total. The van der Waals surface area contributed by atoms with E-state index in [1.54, 1.807) is 18.7 Å². The minimum absolute atomic E-state index is 0.110. The van der Waals surface area contributed by atoms with Crippen LogP contribution < -0.4 is 5.32 Å². The lowest BCUT2D eigenvalue weighted by Crippen LogP contribution is -2.52. The number of carbonyl (C=O) groups is 3. The Morgan fingerprint density at radius 1 is 1.20 bits per heavy atom. The van der Waals surface area contributed by atoms with Gasteiger partial charge in [0.1, 0.15) is 12.1 Å². The van der Waals surface area contributed by atoms with Gasteiger partial charge in [-0.3, -0.25) is 19.4 Å². The first kappa shape index (κ1) is 17.4. The maximum atomic E-state index is 12.7. The van der Waals surface area contributed by atoms with Crippen molar-refractivity contribution in [1.82, 2.24) is 20.0 Å². The summed E-state index contributed by atoms with van der Waals surface area (Å²) in [5, 5.41) is 2.60. The summed E-state index contributed by atoms with van der Waals surface area (Å²) < 4.78 is 0. The monoisotopic (exact) mass is 344 g/mol. The summed E-state index contributed by atoms with van der Waals surface area (Å²) in [4.78, 5) is 41.9. The minimum Gasteiger partial charge on any atom is -0.338 e. The highest BCUT2D eigenvalue weighted by Gasteiger charge is 2.45. The van der Waals surface area contributed by atoms with Crippen molar-refractivity contribution in [1.29, 1.82) is 0 Å². The van der Waals surface area contributed by atoms with Crippen molar-refractivity contribution in [2.24, 2.45) is 0 Å². The van der Waals surface area contributed by atoms with Gasteiger partial charge in [0.25, 0.3) is 5.91 Å². The van der Waals surface area contributed by atoms with Crippen LogP contribution in [0.4, 0.5) is 4.79 Å². The molecule has 0 aliphatic carbocycles. The number of amides is 4. The zero-order valence-corrected chi connectivity index (χ0v) is 14.9. The highest BCUT2D eigenvalue weighted by molar-refractivity contribution is 6.08. The van der Waals surface area contributed by atoms with Gasteiger partial charge in [0.15, 0.2) is 0 Å². The third-order valence-electron chi connectivity index (χ3n) is 4.92. The molecule has 2 aliphatic heterocycles. The fourth-order valence-electron chi connectivity index (χ4n) is 3.33. The summed E-state index contributed by atoms with van der Waals surface area (Å²) in [6.45, 7) is 4.95. The molecule has 1 aromatic carbocycles. The number of urea groups is 1. The molecule has 0 radical (unpaired) electrons. The molecular weight excluding hydrogens is 320 g/mol. The van der Waals surface area contributed by atoms with Crippen LogP contribution in [0.3, 0.4) is 0 Å². The number of rotatable bonds is 3. The van der Waals surface area contributed by atoms with Crippen molar-refractivity contribution in [3.05, 3.63) is 35.9 Å². The normalized spacial score (nSPS) is 23.7. The first-order valence-electron chi connectivity index (χ1n) is 8.46. The van der Waals surface area contributed by atoms with Gasteiger partial charge < -0.3 is 10.2 Å². The number of hydrogen-bond donors (Lipinski definition) is 1. The van der Waals surface area contributed by atoms with E-state index in [9.17, 15) is 14.4 Å². The zero-order valence-electron chi connectivity index (χ0n) is 14.9. The van der Waals surface area contributed by atoms with Crippen LogP contribution in [-0.2, 0) is 9.59 Å². The standard InChI is InChI=1S/C18H24N4O3/c1-18(2)16(24)22(17(25)19-18)12-15(23)21-10-9-20(3)14(11-21)13-7-5-4-6-8-13/h4-8,14H,9-12H2,1-3H3,(H,19,25). The minimum atomic E-state index is -0.952. The second-order valence-corrected chi connectivity index (χ2v) is 7.19. The first-order valence-corrected chi connectivity index (χ1v) is 8.46. The van der Waals surface area contributed by atoms with Crippen molar-refractivity contribution in [2.75, 3.05) is 33.2 Å². The highest BCUT2D eigenvalue weighted by atomic mass is 16.2. The van der Waals surface area contributed by atoms with Gasteiger partial charge in [-0.2, -0.15) is 0 Å². The van der Waals surface area contributed by atoms with Crippen molar-refractivity contribution in [2.45, 2.75) is 25.4 Å². The molecule has 7 heteroatoms.